The Morgan fingerprint density at radius 3 is 2.43 bits per heavy atom. The van der Waals surface area contributed by atoms with E-state index in [-0.39, 0.29) is 12.4 Å². The monoisotopic (exact) mass is 299 g/mol. The van der Waals surface area contributed by atoms with Gasteiger partial charge in [-0.1, -0.05) is 17.3 Å². The summed E-state index contributed by atoms with van der Waals surface area (Å²) in [6.45, 7) is 3.44. The second-order valence-corrected chi connectivity index (χ2v) is 4.28. The molecule has 7 heteroatoms. The first-order valence-electron chi connectivity index (χ1n) is 6.15. The van der Waals surface area contributed by atoms with E-state index in [0.717, 1.165) is 12.1 Å². The van der Waals surface area contributed by atoms with Crippen LogP contribution >= 0.6 is 0 Å². The Morgan fingerprint density at radius 2 is 1.90 bits per heavy atom. The van der Waals surface area contributed by atoms with Crippen LogP contribution in [0.15, 0.2) is 28.8 Å². The largest absolute Gasteiger partial charge is 0.460 e. The van der Waals surface area contributed by atoms with Crippen molar-refractivity contribution in [3.8, 4) is 11.3 Å². The third kappa shape index (κ3) is 3.07. The average molecular weight is 299 g/mol. The number of rotatable bonds is 3. The SMILES string of the molecule is CCOC(=O)c1onc(-c2ccc(C(F)(F)F)cc2)c1C. The molecule has 2 rings (SSSR count). The van der Waals surface area contributed by atoms with Crippen molar-refractivity contribution in [2.45, 2.75) is 20.0 Å². The molecular weight excluding hydrogens is 287 g/mol. The van der Waals surface area contributed by atoms with Crippen LogP contribution in [0.25, 0.3) is 11.3 Å². The fraction of sp³-hybridized carbons (Fsp3) is 0.286. The summed E-state index contributed by atoms with van der Waals surface area (Å²) in [5.41, 5.74) is 0.415. The number of alkyl halides is 3. The van der Waals surface area contributed by atoms with Gasteiger partial charge in [-0.3, -0.25) is 0 Å². The number of carbonyl (C=O) groups is 1. The minimum Gasteiger partial charge on any atom is -0.460 e. The third-order valence-corrected chi connectivity index (χ3v) is 2.87. The lowest BCUT2D eigenvalue weighted by Gasteiger charge is -2.06. The molecule has 0 radical (unpaired) electrons. The number of benzene rings is 1. The van der Waals surface area contributed by atoms with Crippen LogP contribution in [-0.2, 0) is 10.9 Å². The zero-order valence-electron chi connectivity index (χ0n) is 11.3. The summed E-state index contributed by atoms with van der Waals surface area (Å²) in [4.78, 5) is 11.6. The van der Waals surface area contributed by atoms with E-state index in [1.165, 1.54) is 12.1 Å². The molecule has 0 amide bonds. The second-order valence-electron chi connectivity index (χ2n) is 4.28. The normalized spacial score (nSPS) is 11.5. The first kappa shape index (κ1) is 15.1. The van der Waals surface area contributed by atoms with Crippen LogP contribution in [0.2, 0.25) is 0 Å². The highest BCUT2D eigenvalue weighted by Crippen LogP contribution is 2.32. The predicted octanol–water partition coefficient (Wildman–Crippen LogP) is 3.85. The number of hydrogen-bond acceptors (Lipinski definition) is 4. The van der Waals surface area contributed by atoms with Crippen molar-refractivity contribution < 1.29 is 27.2 Å². The quantitative estimate of drug-likeness (QED) is 0.808. The number of hydrogen-bond donors (Lipinski definition) is 0. The zero-order valence-corrected chi connectivity index (χ0v) is 11.3. The van der Waals surface area contributed by atoms with Gasteiger partial charge in [0.2, 0.25) is 5.76 Å². The number of nitrogens with zero attached hydrogens (tertiary/aromatic N) is 1. The topological polar surface area (TPSA) is 52.3 Å². The molecule has 0 saturated carbocycles. The fourth-order valence-electron chi connectivity index (χ4n) is 1.81. The van der Waals surface area contributed by atoms with Crippen LogP contribution in [0, 0.1) is 6.92 Å². The summed E-state index contributed by atoms with van der Waals surface area (Å²) < 4.78 is 47.2. The molecule has 0 aliphatic rings. The maximum Gasteiger partial charge on any atom is 0.416 e. The molecule has 1 heterocycles. The minimum absolute atomic E-state index is 0.0493. The molecule has 0 atom stereocenters. The van der Waals surface area contributed by atoms with Gasteiger partial charge in [0.1, 0.15) is 5.69 Å². The number of carbonyl (C=O) groups excluding carboxylic acids is 1. The maximum absolute atomic E-state index is 12.5. The standard InChI is InChI=1S/C14H12F3NO3/c1-3-20-13(19)12-8(2)11(18-21-12)9-4-6-10(7-5-9)14(15,16)17/h4-7H,3H2,1-2H3. The number of ether oxygens (including phenoxy) is 1. The Morgan fingerprint density at radius 1 is 1.29 bits per heavy atom. The van der Waals surface area contributed by atoms with Gasteiger partial charge in [0, 0.05) is 11.1 Å². The lowest BCUT2D eigenvalue weighted by molar-refractivity contribution is -0.137. The summed E-state index contributed by atoms with van der Waals surface area (Å²) in [5, 5.41) is 3.72. The van der Waals surface area contributed by atoms with E-state index in [9.17, 15) is 18.0 Å². The van der Waals surface area contributed by atoms with Gasteiger partial charge in [-0.15, -0.1) is 0 Å². The van der Waals surface area contributed by atoms with Crippen LogP contribution in [0.4, 0.5) is 13.2 Å². The molecule has 1 aromatic heterocycles. The molecular formula is C14H12F3NO3. The first-order chi connectivity index (χ1) is 9.84. The van der Waals surface area contributed by atoms with Crippen LogP contribution in [0.1, 0.15) is 28.6 Å². The summed E-state index contributed by atoms with van der Waals surface area (Å²) in [6, 6.07) is 4.46. The van der Waals surface area contributed by atoms with E-state index in [1.807, 2.05) is 0 Å². The van der Waals surface area contributed by atoms with Crippen LogP contribution in [0.5, 0.6) is 0 Å². The Hall–Kier alpha value is -2.31. The van der Waals surface area contributed by atoms with E-state index < -0.39 is 17.7 Å². The van der Waals surface area contributed by atoms with E-state index in [4.69, 9.17) is 9.26 Å². The molecule has 21 heavy (non-hydrogen) atoms. The van der Waals surface area contributed by atoms with Crippen LogP contribution in [0.3, 0.4) is 0 Å². The molecule has 2 aromatic rings. The van der Waals surface area contributed by atoms with Gasteiger partial charge < -0.3 is 9.26 Å². The Balaban J connectivity index is 2.33. The summed E-state index contributed by atoms with van der Waals surface area (Å²) >= 11 is 0. The van der Waals surface area contributed by atoms with Crippen LogP contribution in [-0.4, -0.2) is 17.7 Å². The van der Waals surface area contributed by atoms with Gasteiger partial charge >= 0.3 is 12.1 Å². The average Bonchev–Trinajstić information content (AvgIpc) is 2.80. The lowest BCUT2D eigenvalue weighted by atomic mass is 10.1. The summed E-state index contributed by atoms with van der Waals surface area (Å²) in [7, 11) is 0. The molecule has 0 N–H and O–H groups in total. The van der Waals surface area contributed by atoms with E-state index >= 15 is 0 Å². The molecule has 0 fully saturated rings. The first-order valence-corrected chi connectivity index (χ1v) is 6.15. The third-order valence-electron chi connectivity index (χ3n) is 2.87. The predicted molar refractivity (Wildman–Crippen MR) is 67.6 cm³/mol. The van der Waals surface area contributed by atoms with Crippen molar-refractivity contribution >= 4 is 5.97 Å². The van der Waals surface area contributed by atoms with Crippen molar-refractivity contribution in [3.63, 3.8) is 0 Å². The van der Waals surface area contributed by atoms with Crippen molar-refractivity contribution in [2.75, 3.05) is 6.61 Å². The van der Waals surface area contributed by atoms with Crippen LogP contribution < -0.4 is 0 Å². The molecule has 0 bridgehead atoms. The van der Waals surface area contributed by atoms with Gasteiger partial charge in [-0.05, 0) is 26.0 Å². The Bertz CT molecular complexity index is 644. The lowest BCUT2D eigenvalue weighted by Crippen LogP contribution is -2.05. The smallest absolute Gasteiger partial charge is 0.416 e. The maximum atomic E-state index is 12.5. The molecule has 0 aliphatic carbocycles. The molecule has 0 spiro atoms. The van der Waals surface area contributed by atoms with Crippen molar-refractivity contribution in [3.05, 3.63) is 41.2 Å². The van der Waals surface area contributed by atoms with Crippen molar-refractivity contribution in [2.24, 2.45) is 0 Å². The van der Waals surface area contributed by atoms with Gasteiger partial charge in [0.25, 0.3) is 0 Å². The van der Waals surface area contributed by atoms with Crippen molar-refractivity contribution in [1.82, 2.24) is 5.16 Å². The summed E-state index contributed by atoms with van der Waals surface area (Å²) in [6.07, 6.45) is -4.40. The van der Waals surface area contributed by atoms with E-state index in [0.29, 0.717) is 16.8 Å². The molecule has 0 unspecified atom stereocenters. The number of halogens is 3. The molecule has 0 saturated heterocycles. The minimum atomic E-state index is -4.40. The molecule has 0 aliphatic heterocycles. The van der Waals surface area contributed by atoms with E-state index in [2.05, 4.69) is 5.16 Å². The molecule has 112 valence electrons. The Kier molecular flexibility index (Phi) is 4.02. The molecule has 4 nitrogen and oxygen atoms in total. The Labute approximate surface area is 118 Å². The van der Waals surface area contributed by atoms with Gasteiger partial charge in [0.15, 0.2) is 0 Å². The van der Waals surface area contributed by atoms with Crippen molar-refractivity contribution in [1.29, 1.82) is 0 Å². The molecule has 1 aromatic carbocycles. The number of aromatic nitrogens is 1. The highest BCUT2D eigenvalue weighted by atomic mass is 19.4. The van der Waals surface area contributed by atoms with Gasteiger partial charge in [0.05, 0.1) is 12.2 Å². The highest BCUT2D eigenvalue weighted by Gasteiger charge is 2.30. The second kappa shape index (κ2) is 5.59. The highest BCUT2D eigenvalue weighted by molar-refractivity contribution is 5.89. The van der Waals surface area contributed by atoms with Gasteiger partial charge in [-0.25, -0.2) is 4.79 Å². The fourth-order valence-corrected chi connectivity index (χ4v) is 1.81. The van der Waals surface area contributed by atoms with Gasteiger partial charge in [-0.2, -0.15) is 13.2 Å². The van der Waals surface area contributed by atoms with E-state index in [1.54, 1.807) is 13.8 Å². The summed E-state index contributed by atoms with van der Waals surface area (Å²) in [5.74, 6) is -0.701. The number of esters is 1. The zero-order chi connectivity index (χ0) is 15.6.